The molecule has 0 bridgehead atoms. The molecule has 1 aromatic rings. The third-order valence-corrected chi connectivity index (χ3v) is 7.15. The molecular weight excluding hydrogens is 310 g/mol. The van der Waals surface area contributed by atoms with Crippen molar-refractivity contribution in [1.82, 2.24) is 9.62 Å². The summed E-state index contributed by atoms with van der Waals surface area (Å²) in [5, 5.41) is 12.5. The van der Waals surface area contributed by atoms with Gasteiger partial charge < -0.3 is 5.32 Å². The Morgan fingerprint density at radius 3 is 2.57 bits per heavy atom. The molecule has 0 aromatic heterocycles. The SMILES string of the molecule is Cc1cc(C#N)ccc1S(=O)(=O)N1CCC(C2CCCN2)CC1. The maximum absolute atomic E-state index is 12.9. The molecule has 2 aliphatic heterocycles. The van der Waals surface area contributed by atoms with E-state index < -0.39 is 10.0 Å². The number of sulfonamides is 1. The lowest BCUT2D eigenvalue weighted by atomic mass is 9.89. The summed E-state index contributed by atoms with van der Waals surface area (Å²) >= 11 is 0. The van der Waals surface area contributed by atoms with Gasteiger partial charge in [-0.2, -0.15) is 9.57 Å². The first-order valence-corrected chi connectivity index (χ1v) is 9.70. The lowest BCUT2D eigenvalue weighted by Crippen LogP contribution is -2.43. The Morgan fingerprint density at radius 2 is 2.00 bits per heavy atom. The van der Waals surface area contributed by atoms with E-state index in [0.717, 1.165) is 19.4 Å². The van der Waals surface area contributed by atoms with Crippen LogP contribution in [0.15, 0.2) is 23.1 Å². The predicted octanol–water partition coefficient (Wildman–Crippen LogP) is 2.02. The number of hydrogen-bond donors (Lipinski definition) is 1. The van der Waals surface area contributed by atoms with Crippen molar-refractivity contribution in [1.29, 1.82) is 5.26 Å². The first kappa shape index (κ1) is 16.4. The standard InChI is InChI=1S/C17H23N3O2S/c1-13-11-14(12-18)4-5-17(13)23(21,22)20-9-6-15(7-10-20)16-3-2-8-19-16/h4-5,11,15-16,19H,2-3,6-10H2,1H3. The Morgan fingerprint density at radius 1 is 1.26 bits per heavy atom. The molecule has 2 saturated heterocycles. The highest BCUT2D eigenvalue weighted by molar-refractivity contribution is 7.89. The molecule has 2 heterocycles. The Bertz CT molecular complexity index is 710. The molecule has 0 saturated carbocycles. The van der Waals surface area contributed by atoms with E-state index in [1.165, 1.54) is 12.8 Å². The van der Waals surface area contributed by atoms with Crippen molar-refractivity contribution in [2.75, 3.05) is 19.6 Å². The van der Waals surface area contributed by atoms with E-state index in [1.54, 1.807) is 29.4 Å². The van der Waals surface area contributed by atoms with Gasteiger partial charge in [-0.15, -0.1) is 0 Å². The third kappa shape index (κ3) is 3.27. The second-order valence-electron chi connectivity index (χ2n) is 6.54. The van der Waals surface area contributed by atoms with Crippen LogP contribution >= 0.6 is 0 Å². The summed E-state index contributed by atoms with van der Waals surface area (Å²) in [5.41, 5.74) is 1.14. The summed E-state index contributed by atoms with van der Waals surface area (Å²) in [7, 11) is -3.46. The maximum Gasteiger partial charge on any atom is 0.243 e. The summed E-state index contributed by atoms with van der Waals surface area (Å²) in [5.74, 6) is 0.589. The summed E-state index contributed by atoms with van der Waals surface area (Å²) < 4.78 is 27.3. The summed E-state index contributed by atoms with van der Waals surface area (Å²) in [6.07, 6.45) is 4.29. The highest BCUT2D eigenvalue weighted by atomic mass is 32.2. The fraction of sp³-hybridized carbons (Fsp3) is 0.588. The zero-order chi connectivity index (χ0) is 16.4. The van der Waals surface area contributed by atoms with Crippen LogP contribution in [-0.2, 0) is 10.0 Å². The number of nitrogens with one attached hydrogen (secondary N) is 1. The van der Waals surface area contributed by atoms with Gasteiger partial charge in [-0.25, -0.2) is 8.42 Å². The molecule has 124 valence electrons. The van der Waals surface area contributed by atoms with Gasteiger partial charge in [0.2, 0.25) is 10.0 Å². The number of piperidine rings is 1. The molecule has 0 amide bonds. The molecule has 1 unspecified atom stereocenters. The lowest BCUT2D eigenvalue weighted by molar-refractivity contribution is 0.234. The van der Waals surface area contributed by atoms with Gasteiger partial charge in [0, 0.05) is 19.1 Å². The smallest absolute Gasteiger partial charge is 0.243 e. The van der Waals surface area contributed by atoms with Gasteiger partial charge in [-0.3, -0.25) is 0 Å². The van der Waals surface area contributed by atoms with Crippen molar-refractivity contribution in [2.24, 2.45) is 5.92 Å². The molecule has 1 aromatic carbocycles. The van der Waals surface area contributed by atoms with E-state index in [4.69, 9.17) is 5.26 Å². The number of nitrogens with zero attached hydrogens (tertiary/aromatic N) is 2. The fourth-order valence-corrected chi connectivity index (χ4v) is 5.46. The van der Waals surface area contributed by atoms with Gasteiger partial charge in [-0.05, 0) is 68.8 Å². The van der Waals surface area contributed by atoms with Crippen LogP contribution in [0.1, 0.15) is 36.8 Å². The van der Waals surface area contributed by atoms with E-state index in [1.807, 2.05) is 6.07 Å². The predicted molar refractivity (Wildman–Crippen MR) is 88.4 cm³/mol. The second kappa shape index (κ2) is 6.60. The molecule has 23 heavy (non-hydrogen) atoms. The van der Waals surface area contributed by atoms with Crippen LogP contribution in [0, 0.1) is 24.2 Å². The summed E-state index contributed by atoms with van der Waals surface area (Å²) in [4.78, 5) is 0.328. The van der Waals surface area contributed by atoms with E-state index in [9.17, 15) is 8.42 Å². The van der Waals surface area contributed by atoms with Crippen molar-refractivity contribution in [3.8, 4) is 6.07 Å². The fourth-order valence-electron chi connectivity index (χ4n) is 3.78. The monoisotopic (exact) mass is 333 g/mol. The van der Waals surface area contributed by atoms with Gasteiger partial charge in [0.05, 0.1) is 16.5 Å². The molecule has 1 N–H and O–H groups in total. The normalized spacial score (nSPS) is 23.7. The number of aryl methyl sites for hydroxylation is 1. The minimum Gasteiger partial charge on any atom is -0.314 e. The Hall–Kier alpha value is -1.42. The van der Waals surface area contributed by atoms with E-state index in [-0.39, 0.29) is 0 Å². The van der Waals surface area contributed by atoms with Crippen LogP contribution < -0.4 is 5.32 Å². The minimum atomic E-state index is -3.46. The molecule has 0 radical (unpaired) electrons. The van der Waals surface area contributed by atoms with Gasteiger partial charge in [0.1, 0.15) is 0 Å². The van der Waals surface area contributed by atoms with Gasteiger partial charge in [-0.1, -0.05) is 0 Å². The van der Waals surface area contributed by atoms with Crippen LogP contribution in [0.2, 0.25) is 0 Å². The molecule has 3 rings (SSSR count). The summed E-state index contributed by atoms with van der Waals surface area (Å²) in [6, 6.07) is 7.40. The highest BCUT2D eigenvalue weighted by Crippen LogP contribution is 2.29. The lowest BCUT2D eigenvalue weighted by Gasteiger charge is -2.34. The Labute approximate surface area is 138 Å². The first-order valence-electron chi connectivity index (χ1n) is 8.26. The largest absolute Gasteiger partial charge is 0.314 e. The topological polar surface area (TPSA) is 73.2 Å². The number of rotatable bonds is 3. The third-order valence-electron chi connectivity index (χ3n) is 5.09. The average molecular weight is 333 g/mol. The zero-order valence-corrected chi connectivity index (χ0v) is 14.3. The maximum atomic E-state index is 12.9. The van der Waals surface area contributed by atoms with Crippen LogP contribution in [0.4, 0.5) is 0 Å². The van der Waals surface area contributed by atoms with Gasteiger partial charge >= 0.3 is 0 Å². The van der Waals surface area contributed by atoms with Crippen molar-refractivity contribution < 1.29 is 8.42 Å². The van der Waals surface area contributed by atoms with Crippen molar-refractivity contribution >= 4 is 10.0 Å². The number of benzene rings is 1. The zero-order valence-electron chi connectivity index (χ0n) is 13.5. The van der Waals surface area contributed by atoms with Crippen LogP contribution in [0.3, 0.4) is 0 Å². The van der Waals surface area contributed by atoms with Crippen molar-refractivity contribution in [3.63, 3.8) is 0 Å². The molecular formula is C17H23N3O2S. The molecule has 0 aliphatic carbocycles. The molecule has 2 aliphatic rings. The van der Waals surface area contributed by atoms with Gasteiger partial charge in [0.25, 0.3) is 0 Å². The van der Waals surface area contributed by atoms with Crippen LogP contribution in [0.25, 0.3) is 0 Å². The van der Waals surface area contributed by atoms with E-state index in [0.29, 0.717) is 41.1 Å². The number of hydrogen-bond acceptors (Lipinski definition) is 4. The van der Waals surface area contributed by atoms with Crippen LogP contribution in [0.5, 0.6) is 0 Å². The first-order chi connectivity index (χ1) is 11.0. The Balaban J connectivity index is 1.73. The Kier molecular flexibility index (Phi) is 4.72. The van der Waals surface area contributed by atoms with E-state index in [2.05, 4.69) is 5.32 Å². The summed E-state index contributed by atoms with van der Waals surface area (Å²) in [6.45, 7) is 4.02. The quantitative estimate of drug-likeness (QED) is 0.918. The van der Waals surface area contributed by atoms with Crippen LogP contribution in [-0.4, -0.2) is 38.4 Å². The molecule has 1 atom stereocenters. The average Bonchev–Trinajstić information content (AvgIpc) is 3.09. The van der Waals surface area contributed by atoms with Gasteiger partial charge in [0.15, 0.2) is 0 Å². The second-order valence-corrected chi connectivity index (χ2v) is 8.44. The molecule has 5 nitrogen and oxygen atoms in total. The molecule has 6 heteroatoms. The molecule has 0 spiro atoms. The number of nitriles is 1. The van der Waals surface area contributed by atoms with E-state index >= 15 is 0 Å². The molecule has 2 fully saturated rings. The van der Waals surface area contributed by atoms with Crippen molar-refractivity contribution in [3.05, 3.63) is 29.3 Å². The van der Waals surface area contributed by atoms with Crippen molar-refractivity contribution in [2.45, 2.75) is 43.5 Å². The minimum absolute atomic E-state index is 0.328. The highest BCUT2D eigenvalue weighted by Gasteiger charge is 2.33.